The molecule has 0 radical (unpaired) electrons. The standard InChI is InChI=1S/C10H12ClNO2S/c11-9-4-2-1-3-7(9)8-5-15(13,14)6-10(8)12/h1-4,8,10H,5-6,12H2. The molecule has 1 aromatic carbocycles. The fourth-order valence-corrected chi connectivity index (χ4v) is 4.18. The Labute approximate surface area is 94.2 Å². The first kappa shape index (κ1) is 10.9. The number of hydrogen-bond donors (Lipinski definition) is 1. The Balaban J connectivity index is 2.38. The van der Waals surface area contributed by atoms with Crippen LogP contribution < -0.4 is 5.73 Å². The van der Waals surface area contributed by atoms with Crippen molar-refractivity contribution in [2.24, 2.45) is 5.73 Å². The van der Waals surface area contributed by atoms with Gasteiger partial charge in [0.2, 0.25) is 0 Å². The lowest BCUT2D eigenvalue weighted by Gasteiger charge is -2.14. The lowest BCUT2D eigenvalue weighted by Crippen LogP contribution is -2.27. The van der Waals surface area contributed by atoms with E-state index in [1.807, 2.05) is 18.2 Å². The van der Waals surface area contributed by atoms with Crippen molar-refractivity contribution in [1.82, 2.24) is 0 Å². The SMILES string of the molecule is NC1CS(=O)(=O)CC1c1ccccc1Cl. The molecular weight excluding hydrogens is 234 g/mol. The summed E-state index contributed by atoms with van der Waals surface area (Å²) >= 11 is 6.01. The number of sulfone groups is 1. The Bertz CT molecular complexity index is 472. The van der Waals surface area contributed by atoms with Crippen LogP contribution in [0, 0.1) is 0 Å². The van der Waals surface area contributed by atoms with Crippen LogP contribution in [-0.2, 0) is 9.84 Å². The molecular formula is C10H12ClNO2S. The van der Waals surface area contributed by atoms with Gasteiger partial charge in [0.1, 0.15) is 0 Å². The summed E-state index contributed by atoms with van der Waals surface area (Å²) in [7, 11) is -2.99. The first-order chi connectivity index (χ1) is 6.99. The molecule has 0 saturated carbocycles. The third kappa shape index (κ3) is 2.17. The second-order valence-corrected chi connectivity index (χ2v) is 6.43. The molecule has 2 unspecified atom stereocenters. The van der Waals surface area contributed by atoms with Gasteiger partial charge in [-0.3, -0.25) is 0 Å². The molecule has 1 heterocycles. The van der Waals surface area contributed by atoms with Crippen LogP contribution >= 0.6 is 11.6 Å². The highest BCUT2D eigenvalue weighted by molar-refractivity contribution is 7.91. The van der Waals surface area contributed by atoms with E-state index >= 15 is 0 Å². The van der Waals surface area contributed by atoms with E-state index in [0.717, 1.165) is 5.56 Å². The lowest BCUT2D eigenvalue weighted by molar-refractivity contribution is 0.601. The maximum Gasteiger partial charge on any atom is 0.152 e. The number of hydrogen-bond acceptors (Lipinski definition) is 3. The number of rotatable bonds is 1. The maximum atomic E-state index is 11.4. The summed E-state index contributed by atoms with van der Waals surface area (Å²) in [5.41, 5.74) is 6.66. The topological polar surface area (TPSA) is 60.2 Å². The van der Waals surface area contributed by atoms with Crippen LogP contribution in [0.2, 0.25) is 5.02 Å². The Morgan fingerprint density at radius 2 is 1.93 bits per heavy atom. The summed E-state index contributed by atoms with van der Waals surface area (Å²) in [6.45, 7) is 0. The molecule has 2 N–H and O–H groups in total. The zero-order valence-corrected chi connectivity index (χ0v) is 9.63. The Hall–Kier alpha value is -0.580. The van der Waals surface area contributed by atoms with Crippen LogP contribution in [0.4, 0.5) is 0 Å². The summed E-state index contributed by atoms with van der Waals surface area (Å²) in [6.07, 6.45) is 0. The van der Waals surface area contributed by atoms with Gasteiger partial charge in [-0.05, 0) is 11.6 Å². The van der Waals surface area contributed by atoms with Gasteiger partial charge in [-0.15, -0.1) is 0 Å². The molecule has 0 bridgehead atoms. The van der Waals surface area contributed by atoms with Gasteiger partial charge in [-0.25, -0.2) is 8.42 Å². The van der Waals surface area contributed by atoms with E-state index in [1.54, 1.807) is 6.07 Å². The van der Waals surface area contributed by atoms with Crippen LogP contribution in [0.3, 0.4) is 0 Å². The fraction of sp³-hybridized carbons (Fsp3) is 0.400. The third-order valence-corrected chi connectivity index (χ3v) is 4.81. The second kappa shape index (κ2) is 3.77. The summed E-state index contributed by atoms with van der Waals surface area (Å²) in [5, 5.41) is 0.593. The summed E-state index contributed by atoms with van der Waals surface area (Å²) < 4.78 is 22.8. The zero-order chi connectivity index (χ0) is 11.1. The maximum absolute atomic E-state index is 11.4. The first-order valence-corrected chi connectivity index (χ1v) is 6.90. The fourth-order valence-electron chi connectivity index (χ4n) is 1.97. The van der Waals surface area contributed by atoms with Crippen molar-refractivity contribution >= 4 is 21.4 Å². The van der Waals surface area contributed by atoms with Crippen molar-refractivity contribution < 1.29 is 8.42 Å². The molecule has 15 heavy (non-hydrogen) atoms. The number of nitrogens with two attached hydrogens (primary N) is 1. The minimum absolute atomic E-state index is 0.0584. The largest absolute Gasteiger partial charge is 0.326 e. The predicted molar refractivity (Wildman–Crippen MR) is 60.8 cm³/mol. The van der Waals surface area contributed by atoms with Gasteiger partial charge >= 0.3 is 0 Å². The average Bonchev–Trinajstić information content (AvgIpc) is 2.40. The van der Waals surface area contributed by atoms with Gasteiger partial charge in [0, 0.05) is 17.0 Å². The molecule has 1 aromatic rings. The molecule has 0 aromatic heterocycles. The van der Waals surface area contributed by atoms with E-state index in [4.69, 9.17) is 17.3 Å². The highest BCUT2D eigenvalue weighted by Crippen LogP contribution is 2.32. The van der Waals surface area contributed by atoms with Gasteiger partial charge in [-0.1, -0.05) is 29.8 Å². The summed E-state index contributed by atoms with van der Waals surface area (Å²) in [6, 6.07) is 6.93. The van der Waals surface area contributed by atoms with Gasteiger partial charge in [-0.2, -0.15) is 0 Å². The van der Waals surface area contributed by atoms with Crippen molar-refractivity contribution in [2.45, 2.75) is 12.0 Å². The zero-order valence-electron chi connectivity index (χ0n) is 8.06. The van der Waals surface area contributed by atoms with E-state index in [2.05, 4.69) is 0 Å². The van der Waals surface area contributed by atoms with Crippen molar-refractivity contribution in [3.63, 3.8) is 0 Å². The molecule has 0 aliphatic carbocycles. The highest BCUT2D eigenvalue weighted by atomic mass is 35.5. The highest BCUT2D eigenvalue weighted by Gasteiger charge is 2.36. The molecule has 2 rings (SSSR count). The van der Waals surface area contributed by atoms with Crippen LogP contribution in [0.15, 0.2) is 24.3 Å². The van der Waals surface area contributed by atoms with E-state index in [-0.39, 0.29) is 23.5 Å². The van der Waals surface area contributed by atoms with Gasteiger partial charge in [0.05, 0.1) is 11.5 Å². The molecule has 0 amide bonds. The molecule has 1 saturated heterocycles. The normalized spacial score (nSPS) is 29.2. The average molecular weight is 246 g/mol. The van der Waals surface area contributed by atoms with Gasteiger partial charge < -0.3 is 5.73 Å². The quantitative estimate of drug-likeness (QED) is 0.808. The molecule has 5 heteroatoms. The van der Waals surface area contributed by atoms with E-state index in [0.29, 0.717) is 5.02 Å². The minimum atomic E-state index is -2.99. The Kier molecular flexibility index (Phi) is 2.75. The van der Waals surface area contributed by atoms with Gasteiger partial charge in [0.25, 0.3) is 0 Å². The van der Waals surface area contributed by atoms with Crippen molar-refractivity contribution in [3.8, 4) is 0 Å². The van der Waals surface area contributed by atoms with Crippen molar-refractivity contribution in [3.05, 3.63) is 34.9 Å². The number of halogens is 1. The third-order valence-electron chi connectivity index (χ3n) is 2.70. The van der Waals surface area contributed by atoms with Crippen LogP contribution in [0.25, 0.3) is 0 Å². The van der Waals surface area contributed by atoms with Crippen LogP contribution in [0.1, 0.15) is 11.5 Å². The molecule has 1 fully saturated rings. The summed E-state index contributed by atoms with van der Waals surface area (Å²) in [4.78, 5) is 0. The van der Waals surface area contributed by atoms with E-state index in [9.17, 15) is 8.42 Å². The smallest absolute Gasteiger partial charge is 0.152 e. The first-order valence-electron chi connectivity index (χ1n) is 4.70. The molecule has 2 atom stereocenters. The molecule has 1 aliphatic rings. The summed E-state index contributed by atoms with van der Waals surface area (Å²) in [5.74, 6) is 0.00421. The van der Waals surface area contributed by atoms with Crippen molar-refractivity contribution in [2.75, 3.05) is 11.5 Å². The molecule has 0 spiro atoms. The number of benzene rings is 1. The van der Waals surface area contributed by atoms with Crippen molar-refractivity contribution in [1.29, 1.82) is 0 Å². The van der Waals surface area contributed by atoms with E-state index < -0.39 is 9.84 Å². The lowest BCUT2D eigenvalue weighted by atomic mass is 9.95. The Morgan fingerprint density at radius 3 is 2.47 bits per heavy atom. The second-order valence-electron chi connectivity index (χ2n) is 3.87. The Morgan fingerprint density at radius 1 is 1.27 bits per heavy atom. The van der Waals surface area contributed by atoms with Gasteiger partial charge in [0.15, 0.2) is 9.84 Å². The van der Waals surface area contributed by atoms with E-state index in [1.165, 1.54) is 0 Å². The van der Waals surface area contributed by atoms with Crippen LogP contribution in [0.5, 0.6) is 0 Å². The van der Waals surface area contributed by atoms with Crippen LogP contribution in [-0.4, -0.2) is 26.0 Å². The molecule has 3 nitrogen and oxygen atoms in total. The monoisotopic (exact) mass is 245 g/mol. The predicted octanol–water partition coefficient (Wildman–Crippen LogP) is 1.18. The minimum Gasteiger partial charge on any atom is -0.326 e. The molecule has 1 aliphatic heterocycles. The molecule has 82 valence electrons.